The van der Waals surface area contributed by atoms with Crippen molar-refractivity contribution < 1.29 is 28.6 Å². The second-order valence-corrected chi connectivity index (χ2v) is 22.4. The quantitative estimate of drug-likeness (QED) is 0.0261. The van der Waals surface area contributed by atoms with Gasteiger partial charge in [-0.2, -0.15) is 0 Å². The summed E-state index contributed by atoms with van der Waals surface area (Å²) in [7, 11) is 0. The van der Waals surface area contributed by atoms with Gasteiger partial charge in [0.25, 0.3) is 0 Å². The average molecular weight is 1050 g/mol. The minimum absolute atomic E-state index is 0.0714. The van der Waals surface area contributed by atoms with Gasteiger partial charge in [0.15, 0.2) is 6.10 Å². The number of hydrogen-bond acceptors (Lipinski definition) is 6. The van der Waals surface area contributed by atoms with E-state index in [-0.39, 0.29) is 31.1 Å². The summed E-state index contributed by atoms with van der Waals surface area (Å²) in [4.78, 5) is 38.1. The highest BCUT2D eigenvalue weighted by Crippen LogP contribution is 2.17. The van der Waals surface area contributed by atoms with E-state index in [4.69, 9.17) is 14.2 Å². The van der Waals surface area contributed by atoms with Crippen LogP contribution in [-0.4, -0.2) is 37.2 Å². The Morgan fingerprint density at radius 2 is 0.480 bits per heavy atom. The lowest BCUT2D eigenvalue weighted by molar-refractivity contribution is -0.167. The van der Waals surface area contributed by atoms with Crippen molar-refractivity contribution in [3.63, 3.8) is 0 Å². The molecular formula is C69H126O6. The topological polar surface area (TPSA) is 78.9 Å². The molecule has 0 aliphatic carbocycles. The van der Waals surface area contributed by atoms with Gasteiger partial charge in [0.05, 0.1) is 0 Å². The second-order valence-electron chi connectivity index (χ2n) is 22.4. The van der Waals surface area contributed by atoms with Gasteiger partial charge in [-0.1, -0.05) is 301 Å². The fraction of sp³-hybridized carbons (Fsp3) is 0.841. The third-order valence-electron chi connectivity index (χ3n) is 14.8. The number of esters is 3. The van der Waals surface area contributed by atoms with Gasteiger partial charge < -0.3 is 14.2 Å². The summed E-state index contributed by atoms with van der Waals surface area (Å²) < 4.78 is 16.9. The predicted octanol–water partition coefficient (Wildman–Crippen LogP) is 22.6. The molecule has 0 saturated carbocycles. The Hall–Kier alpha value is -2.63. The fourth-order valence-electron chi connectivity index (χ4n) is 9.80. The zero-order valence-corrected chi connectivity index (χ0v) is 50.3. The highest BCUT2D eigenvalue weighted by Gasteiger charge is 2.19. The first-order valence-corrected chi connectivity index (χ1v) is 33.1. The summed E-state index contributed by atoms with van der Waals surface area (Å²) >= 11 is 0. The first-order chi connectivity index (χ1) is 37.0. The maximum absolute atomic E-state index is 12.8. The molecule has 0 aromatic carbocycles. The standard InChI is InChI=1S/C69H126O6/c1-4-7-10-13-16-19-22-24-26-27-28-29-30-31-32-33-34-35-36-37-38-39-40-41-42-43-44-46-47-50-53-56-59-62-68(71)74-65-66(64-73-67(70)61-58-55-52-49-21-18-15-12-9-6-3)75-69(72)63-60-57-54-51-48-45-25-23-20-17-14-11-8-5-2/h22-25,27-28,30-31,66H,4-21,26,29,32-65H2,1-3H3/b24-22-,25-23-,28-27-,31-30-. The highest BCUT2D eigenvalue weighted by molar-refractivity contribution is 5.71. The summed E-state index contributed by atoms with van der Waals surface area (Å²) in [5.74, 6) is -0.862. The number of carbonyl (C=O) groups is 3. The SMILES string of the molecule is CCCCCCC/C=C\C/C=C\C/C=C\CCCCCCCCCCCCCCCCCCCCC(=O)OCC(COC(=O)CCCCCCCCCCCC)OC(=O)CCCCCCC/C=C\CCCCCCC. The molecule has 0 fully saturated rings. The number of allylic oxidation sites excluding steroid dienone is 8. The molecule has 0 amide bonds. The van der Waals surface area contributed by atoms with Crippen LogP contribution in [0.15, 0.2) is 48.6 Å². The summed E-state index contributed by atoms with van der Waals surface area (Å²) in [5, 5.41) is 0. The monoisotopic (exact) mass is 1050 g/mol. The molecule has 6 nitrogen and oxygen atoms in total. The molecule has 0 saturated heterocycles. The molecule has 0 aliphatic heterocycles. The van der Waals surface area contributed by atoms with Crippen molar-refractivity contribution in [3.05, 3.63) is 48.6 Å². The van der Waals surface area contributed by atoms with E-state index in [1.165, 1.54) is 238 Å². The van der Waals surface area contributed by atoms with Crippen LogP contribution in [0.5, 0.6) is 0 Å². The van der Waals surface area contributed by atoms with Crippen LogP contribution in [0.4, 0.5) is 0 Å². The first kappa shape index (κ1) is 72.4. The number of rotatable bonds is 61. The maximum atomic E-state index is 12.8. The van der Waals surface area contributed by atoms with Gasteiger partial charge >= 0.3 is 17.9 Å². The van der Waals surface area contributed by atoms with E-state index < -0.39 is 6.10 Å². The van der Waals surface area contributed by atoms with Gasteiger partial charge in [-0.15, -0.1) is 0 Å². The molecule has 0 spiro atoms. The summed E-state index contributed by atoms with van der Waals surface area (Å²) in [6.07, 6.45) is 80.0. The number of unbranched alkanes of at least 4 members (excludes halogenated alkanes) is 42. The Morgan fingerprint density at radius 1 is 0.267 bits per heavy atom. The fourth-order valence-corrected chi connectivity index (χ4v) is 9.80. The molecule has 0 aliphatic rings. The summed E-state index contributed by atoms with van der Waals surface area (Å²) in [5.41, 5.74) is 0. The van der Waals surface area contributed by atoms with Crippen LogP contribution in [0.2, 0.25) is 0 Å². The molecule has 0 N–H and O–H groups in total. The molecule has 0 rings (SSSR count). The van der Waals surface area contributed by atoms with Gasteiger partial charge in [0.1, 0.15) is 13.2 Å². The molecular weight excluding hydrogens is 925 g/mol. The van der Waals surface area contributed by atoms with Gasteiger partial charge in [-0.25, -0.2) is 0 Å². The zero-order chi connectivity index (χ0) is 54.3. The van der Waals surface area contributed by atoms with E-state index in [9.17, 15) is 14.4 Å². The molecule has 0 aromatic heterocycles. The lowest BCUT2D eigenvalue weighted by Gasteiger charge is -2.18. The van der Waals surface area contributed by atoms with Gasteiger partial charge in [-0.05, 0) is 83.5 Å². The van der Waals surface area contributed by atoms with E-state index in [1.54, 1.807) is 0 Å². The average Bonchev–Trinajstić information content (AvgIpc) is 3.41. The van der Waals surface area contributed by atoms with E-state index in [0.29, 0.717) is 19.3 Å². The van der Waals surface area contributed by atoms with Crippen LogP contribution in [0.1, 0.15) is 355 Å². The van der Waals surface area contributed by atoms with E-state index in [2.05, 4.69) is 69.4 Å². The summed E-state index contributed by atoms with van der Waals surface area (Å²) in [6.45, 7) is 6.64. The minimum atomic E-state index is -0.773. The highest BCUT2D eigenvalue weighted by atomic mass is 16.6. The van der Waals surface area contributed by atoms with Gasteiger partial charge in [0.2, 0.25) is 0 Å². The first-order valence-electron chi connectivity index (χ1n) is 33.1. The van der Waals surface area contributed by atoms with Crippen molar-refractivity contribution in [1.82, 2.24) is 0 Å². The third kappa shape index (κ3) is 62.1. The Morgan fingerprint density at radius 3 is 0.760 bits per heavy atom. The van der Waals surface area contributed by atoms with Crippen LogP contribution >= 0.6 is 0 Å². The van der Waals surface area contributed by atoms with E-state index >= 15 is 0 Å². The Balaban J connectivity index is 4.04. The van der Waals surface area contributed by atoms with Crippen molar-refractivity contribution in [2.75, 3.05) is 13.2 Å². The van der Waals surface area contributed by atoms with Crippen molar-refractivity contribution in [2.45, 2.75) is 361 Å². The Kier molecular flexibility index (Phi) is 61.7. The molecule has 6 heteroatoms. The van der Waals surface area contributed by atoms with E-state index in [1.807, 2.05) is 0 Å². The molecule has 0 radical (unpaired) electrons. The third-order valence-corrected chi connectivity index (χ3v) is 14.8. The normalized spacial score (nSPS) is 12.3. The molecule has 1 atom stereocenters. The maximum Gasteiger partial charge on any atom is 0.306 e. The Labute approximate surface area is 467 Å². The molecule has 0 heterocycles. The largest absolute Gasteiger partial charge is 0.462 e. The molecule has 75 heavy (non-hydrogen) atoms. The smallest absolute Gasteiger partial charge is 0.306 e. The number of hydrogen-bond donors (Lipinski definition) is 0. The van der Waals surface area contributed by atoms with Crippen LogP contribution in [0, 0.1) is 0 Å². The predicted molar refractivity (Wildman–Crippen MR) is 325 cm³/mol. The van der Waals surface area contributed by atoms with E-state index in [0.717, 1.165) is 77.0 Å². The van der Waals surface area contributed by atoms with Crippen LogP contribution in [-0.2, 0) is 28.6 Å². The van der Waals surface area contributed by atoms with Crippen molar-refractivity contribution >= 4 is 17.9 Å². The number of carbonyl (C=O) groups excluding carboxylic acids is 3. The van der Waals surface area contributed by atoms with Crippen molar-refractivity contribution in [2.24, 2.45) is 0 Å². The van der Waals surface area contributed by atoms with Gasteiger partial charge in [0, 0.05) is 19.3 Å². The molecule has 1 unspecified atom stereocenters. The van der Waals surface area contributed by atoms with Crippen molar-refractivity contribution in [3.8, 4) is 0 Å². The van der Waals surface area contributed by atoms with Crippen molar-refractivity contribution in [1.29, 1.82) is 0 Å². The second kappa shape index (κ2) is 63.9. The number of ether oxygens (including phenoxy) is 3. The summed E-state index contributed by atoms with van der Waals surface area (Å²) in [6, 6.07) is 0. The van der Waals surface area contributed by atoms with Gasteiger partial charge in [-0.3, -0.25) is 14.4 Å². The molecule has 0 bridgehead atoms. The molecule has 438 valence electrons. The Bertz CT molecular complexity index is 1300. The van der Waals surface area contributed by atoms with Crippen LogP contribution < -0.4 is 0 Å². The lowest BCUT2D eigenvalue weighted by Crippen LogP contribution is -2.30. The lowest BCUT2D eigenvalue weighted by atomic mass is 10.0. The van der Waals surface area contributed by atoms with Crippen LogP contribution in [0.25, 0.3) is 0 Å². The zero-order valence-electron chi connectivity index (χ0n) is 50.3. The molecule has 0 aromatic rings. The minimum Gasteiger partial charge on any atom is -0.462 e. The van der Waals surface area contributed by atoms with Crippen LogP contribution in [0.3, 0.4) is 0 Å².